The quantitative estimate of drug-likeness (QED) is 0.0364. The Labute approximate surface area is 361 Å². The van der Waals surface area contributed by atoms with Gasteiger partial charge in [-0.25, -0.2) is 0 Å². The summed E-state index contributed by atoms with van der Waals surface area (Å²) in [5.74, 6) is -0.160. The van der Waals surface area contributed by atoms with Gasteiger partial charge in [0.15, 0.2) is 0 Å². The van der Waals surface area contributed by atoms with Crippen LogP contribution < -0.4 is 5.32 Å². The number of allylic oxidation sites excluding steroid dienone is 8. The minimum absolute atomic E-state index is 0.160. The smallest absolute Gasteiger partial charge is 0.220 e. The number of hydrogen-bond donors (Lipinski definition) is 4. The molecule has 0 aromatic heterocycles. The number of aliphatic hydroxyl groups is 3. The first-order chi connectivity index (χ1) is 28.6. The van der Waals surface area contributed by atoms with Gasteiger partial charge < -0.3 is 20.6 Å². The molecule has 0 saturated carbocycles. The van der Waals surface area contributed by atoms with Crippen LogP contribution in [0, 0.1) is 0 Å². The van der Waals surface area contributed by atoms with E-state index >= 15 is 0 Å². The Kier molecular flexibility index (Phi) is 46.6. The average Bonchev–Trinajstić information content (AvgIpc) is 3.23. The Morgan fingerprint density at radius 3 is 1.24 bits per heavy atom. The van der Waals surface area contributed by atoms with Gasteiger partial charge in [0.1, 0.15) is 6.10 Å². The van der Waals surface area contributed by atoms with Crippen molar-refractivity contribution in [1.29, 1.82) is 0 Å². The zero-order valence-electron chi connectivity index (χ0n) is 38.7. The highest BCUT2D eigenvalue weighted by Gasteiger charge is 2.26. The molecule has 0 aliphatic rings. The summed E-state index contributed by atoms with van der Waals surface area (Å²) in [6.45, 7) is 4.04. The van der Waals surface area contributed by atoms with Crippen molar-refractivity contribution in [2.24, 2.45) is 0 Å². The molecule has 58 heavy (non-hydrogen) atoms. The van der Waals surface area contributed by atoms with E-state index in [9.17, 15) is 20.1 Å². The molecular weight excluding hydrogens is 715 g/mol. The highest BCUT2D eigenvalue weighted by Crippen LogP contribution is 2.16. The average molecular weight is 814 g/mol. The van der Waals surface area contributed by atoms with E-state index in [1.807, 2.05) is 0 Å². The lowest BCUT2D eigenvalue weighted by Gasteiger charge is -2.26. The molecule has 5 heteroatoms. The molecule has 4 N–H and O–H groups in total. The van der Waals surface area contributed by atoms with Crippen molar-refractivity contribution in [2.75, 3.05) is 6.61 Å². The fourth-order valence-electron chi connectivity index (χ4n) is 7.75. The van der Waals surface area contributed by atoms with E-state index in [0.29, 0.717) is 12.8 Å². The Morgan fingerprint density at radius 2 is 0.810 bits per heavy atom. The third kappa shape index (κ3) is 42.4. The van der Waals surface area contributed by atoms with Crippen LogP contribution in [0.5, 0.6) is 0 Å². The molecule has 3 atom stereocenters. The van der Waals surface area contributed by atoms with Gasteiger partial charge in [-0.2, -0.15) is 0 Å². The van der Waals surface area contributed by atoms with Crippen molar-refractivity contribution >= 4 is 5.91 Å². The second kappa shape index (κ2) is 48.0. The molecule has 0 aromatic rings. The Balaban J connectivity index is 3.47. The van der Waals surface area contributed by atoms with Gasteiger partial charge in [-0.05, 0) is 77.0 Å². The van der Waals surface area contributed by atoms with E-state index in [4.69, 9.17) is 0 Å². The molecule has 0 radical (unpaired) electrons. The first-order valence-corrected chi connectivity index (χ1v) is 25.4. The summed E-state index contributed by atoms with van der Waals surface area (Å²) in [4.78, 5) is 12.4. The number of carbonyl (C=O) groups excluding carboxylic acids is 1. The van der Waals surface area contributed by atoms with Gasteiger partial charge in [0.05, 0.1) is 18.8 Å². The lowest BCUT2D eigenvalue weighted by Crippen LogP contribution is -2.50. The van der Waals surface area contributed by atoms with Crippen LogP contribution in [-0.2, 0) is 4.79 Å². The van der Waals surface area contributed by atoms with E-state index in [1.165, 1.54) is 173 Å². The summed E-state index contributed by atoms with van der Waals surface area (Å²) in [6.07, 6.45) is 62.9. The number of amides is 1. The summed E-state index contributed by atoms with van der Waals surface area (Å²) in [5, 5.41) is 33.3. The molecule has 0 aromatic carbocycles. The van der Waals surface area contributed by atoms with Crippen molar-refractivity contribution < 1.29 is 20.1 Å². The molecule has 0 bridgehead atoms. The maximum atomic E-state index is 12.4. The Hall–Kier alpha value is -1.69. The molecule has 0 saturated heterocycles. The number of unbranched alkanes of at least 4 members (excludes halogenated alkanes) is 30. The van der Waals surface area contributed by atoms with E-state index in [2.05, 4.69) is 67.8 Å². The van der Waals surface area contributed by atoms with Crippen LogP contribution in [0.2, 0.25) is 0 Å². The SMILES string of the molecule is CC/C=C/CC/C=C/CCCC(O)C(O)C(CO)NC(=O)CCCCCCCCCCCCCCCCCCC/C=C\C/C=C\CCCCCCCCCCCCC. The van der Waals surface area contributed by atoms with E-state index in [1.54, 1.807) is 0 Å². The molecule has 0 spiro atoms. The molecule has 1 amide bonds. The lowest BCUT2D eigenvalue weighted by molar-refractivity contribution is -0.124. The largest absolute Gasteiger partial charge is 0.394 e. The number of nitrogens with one attached hydrogen (secondary N) is 1. The van der Waals surface area contributed by atoms with Crippen LogP contribution in [0.3, 0.4) is 0 Å². The maximum Gasteiger partial charge on any atom is 0.220 e. The summed E-state index contributed by atoms with van der Waals surface area (Å²) in [6, 6.07) is -0.831. The Morgan fingerprint density at radius 1 is 0.448 bits per heavy atom. The third-order valence-corrected chi connectivity index (χ3v) is 11.6. The normalized spacial score (nSPS) is 13.8. The van der Waals surface area contributed by atoms with Crippen molar-refractivity contribution in [3.8, 4) is 0 Å². The third-order valence-electron chi connectivity index (χ3n) is 11.6. The van der Waals surface area contributed by atoms with Crippen LogP contribution in [0.25, 0.3) is 0 Å². The van der Waals surface area contributed by atoms with Crippen molar-refractivity contribution in [3.63, 3.8) is 0 Å². The van der Waals surface area contributed by atoms with Gasteiger partial charge >= 0.3 is 0 Å². The monoisotopic (exact) mass is 814 g/mol. The number of aliphatic hydroxyl groups excluding tert-OH is 3. The highest BCUT2D eigenvalue weighted by atomic mass is 16.3. The van der Waals surface area contributed by atoms with Gasteiger partial charge in [0.2, 0.25) is 5.91 Å². The minimum atomic E-state index is -1.16. The van der Waals surface area contributed by atoms with Crippen molar-refractivity contribution in [3.05, 3.63) is 48.6 Å². The molecule has 0 fully saturated rings. The maximum absolute atomic E-state index is 12.4. The van der Waals surface area contributed by atoms with Gasteiger partial charge in [-0.3, -0.25) is 4.79 Å². The molecular formula is C53H99NO4. The molecule has 340 valence electrons. The van der Waals surface area contributed by atoms with Crippen molar-refractivity contribution in [1.82, 2.24) is 5.32 Å². The van der Waals surface area contributed by atoms with Gasteiger partial charge in [0, 0.05) is 6.42 Å². The zero-order chi connectivity index (χ0) is 42.3. The first kappa shape index (κ1) is 56.3. The number of carbonyl (C=O) groups is 1. The fraction of sp³-hybridized carbons (Fsp3) is 0.830. The molecule has 0 heterocycles. The lowest BCUT2D eigenvalue weighted by atomic mass is 10.0. The molecule has 3 unspecified atom stereocenters. The fourth-order valence-corrected chi connectivity index (χ4v) is 7.75. The van der Waals surface area contributed by atoms with E-state index < -0.39 is 18.2 Å². The summed E-state index contributed by atoms with van der Waals surface area (Å²) in [7, 11) is 0. The standard InChI is InChI=1S/C53H99NO4/c1-3-5-7-9-11-13-14-15-16-17-18-19-20-21-22-23-24-25-26-27-28-29-30-31-32-33-34-35-36-37-38-40-42-44-46-48-52(57)54-50(49-55)53(58)51(56)47-45-43-41-39-12-10-8-6-4-2/h6,8,20-21,23-24,39,41,50-51,53,55-56,58H,3-5,7,9-19,22,25-38,40,42-49H2,1-2H3,(H,54,57)/b8-6+,21-20-,24-23-,41-39+. The summed E-state index contributed by atoms with van der Waals surface area (Å²) >= 11 is 0. The second-order valence-corrected chi connectivity index (χ2v) is 17.3. The second-order valence-electron chi connectivity index (χ2n) is 17.3. The molecule has 0 rings (SSSR count). The molecule has 0 aliphatic carbocycles. The Bertz CT molecular complexity index is 943. The zero-order valence-corrected chi connectivity index (χ0v) is 38.7. The predicted octanol–water partition coefficient (Wildman–Crippen LogP) is 15.3. The van der Waals surface area contributed by atoms with Crippen LogP contribution >= 0.6 is 0 Å². The van der Waals surface area contributed by atoms with Gasteiger partial charge in [-0.15, -0.1) is 0 Å². The summed E-state index contributed by atoms with van der Waals surface area (Å²) in [5.41, 5.74) is 0. The molecule has 0 aliphatic heterocycles. The topological polar surface area (TPSA) is 89.8 Å². The summed E-state index contributed by atoms with van der Waals surface area (Å²) < 4.78 is 0. The van der Waals surface area contributed by atoms with Gasteiger partial charge in [-0.1, -0.05) is 223 Å². The minimum Gasteiger partial charge on any atom is -0.394 e. The van der Waals surface area contributed by atoms with Crippen molar-refractivity contribution in [2.45, 2.75) is 276 Å². The molecule has 5 nitrogen and oxygen atoms in total. The number of hydrogen-bond acceptors (Lipinski definition) is 4. The number of rotatable bonds is 46. The van der Waals surface area contributed by atoms with Crippen LogP contribution in [0.4, 0.5) is 0 Å². The van der Waals surface area contributed by atoms with Gasteiger partial charge in [0.25, 0.3) is 0 Å². The van der Waals surface area contributed by atoms with E-state index in [0.717, 1.165) is 57.8 Å². The first-order valence-electron chi connectivity index (χ1n) is 25.4. The predicted molar refractivity (Wildman–Crippen MR) is 254 cm³/mol. The van der Waals surface area contributed by atoms with E-state index in [-0.39, 0.29) is 12.5 Å². The van der Waals surface area contributed by atoms with Crippen LogP contribution in [0.1, 0.15) is 258 Å². The van der Waals surface area contributed by atoms with Crippen LogP contribution in [-0.4, -0.2) is 46.1 Å². The highest BCUT2D eigenvalue weighted by molar-refractivity contribution is 5.76. The van der Waals surface area contributed by atoms with Crippen LogP contribution in [0.15, 0.2) is 48.6 Å².